The predicted octanol–water partition coefficient (Wildman–Crippen LogP) is 2.91. The molecule has 0 saturated carbocycles. The number of amides is 1. The quantitative estimate of drug-likeness (QED) is 0.610. The van der Waals surface area contributed by atoms with Crippen LogP contribution in [-0.4, -0.2) is 46.1 Å². The van der Waals surface area contributed by atoms with Crippen LogP contribution in [0.1, 0.15) is 17.9 Å². The third-order valence-electron chi connectivity index (χ3n) is 4.07. The lowest BCUT2D eigenvalue weighted by Gasteiger charge is -2.17. The molecule has 0 unspecified atom stereocenters. The number of hydrogen-bond donors (Lipinski definition) is 0. The maximum atomic E-state index is 12.3. The number of pyridine rings is 1. The molecule has 1 aromatic carbocycles. The topological polar surface area (TPSA) is 81.4 Å². The second-order valence-electron chi connectivity index (χ2n) is 6.23. The number of likely N-dealkylation sites (N-methyl/N-ethyl adjacent to an activating group) is 1. The molecule has 0 aliphatic rings. The number of rotatable bonds is 8. The molecular formula is C20H22N4O3. The van der Waals surface area contributed by atoms with Crippen molar-refractivity contribution in [1.82, 2.24) is 20.0 Å². The Balaban J connectivity index is 1.43. The molecule has 0 radical (unpaired) electrons. The van der Waals surface area contributed by atoms with E-state index < -0.39 is 0 Å². The van der Waals surface area contributed by atoms with E-state index in [1.165, 1.54) is 0 Å². The zero-order valence-electron chi connectivity index (χ0n) is 15.5. The molecule has 0 atom stereocenters. The Bertz CT molecular complexity index is 880. The normalized spacial score (nSPS) is 10.6. The summed E-state index contributed by atoms with van der Waals surface area (Å²) < 4.78 is 10.9. The molecule has 3 aromatic rings. The van der Waals surface area contributed by atoms with Gasteiger partial charge in [0, 0.05) is 37.8 Å². The van der Waals surface area contributed by atoms with Crippen LogP contribution in [0.4, 0.5) is 0 Å². The zero-order chi connectivity index (χ0) is 19.1. The first kappa shape index (κ1) is 18.6. The minimum atomic E-state index is 0.00602. The standard InChI is InChI=1S/C20H22N4O3/c1-15-4-3-5-17(14-15)26-13-12-24(2)19(25)7-6-18-22-20(23-27-18)16-8-10-21-11-9-16/h3-5,8-11,14H,6-7,12-13H2,1-2H3. The lowest BCUT2D eigenvalue weighted by molar-refractivity contribution is -0.130. The van der Waals surface area contributed by atoms with Crippen molar-refractivity contribution in [1.29, 1.82) is 0 Å². The van der Waals surface area contributed by atoms with Crippen LogP contribution >= 0.6 is 0 Å². The van der Waals surface area contributed by atoms with Crippen molar-refractivity contribution in [3.8, 4) is 17.1 Å². The molecule has 0 N–H and O–H groups in total. The lowest BCUT2D eigenvalue weighted by atomic mass is 10.2. The van der Waals surface area contributed by atoms with E-state index in [0.717, 1.165) is 16.9 Å². The van der Waals surface area contributed by atoms with Gasteiger partial charge in [-0.15, -0.1) is 0 Å². The van der Waals surface area contributed by atoms with Gasteiger partial charge in [-0.1, -0.05) is 17.3 Å². The van der Waals surface area contributed by atoms with Crippen LogP contribution in [0.25, 0.3) is 11.4 Å². The first-order valence-electron chi connectivity index (χ1n) is 8.78. The fourth-order valence-corrected chi connectivity index (χ4v) is 2.51. The Morgan fingerprint density at radius 1 is 1.22 bits per heavy atom. The number of aromatic nitrogens is 3. The molecule has 0 spiro atoms. The van der Waals surface area contributed by atoms with Crippen molar-refractivity contribution in [2.24, 2.45) is 0 Å². The Kier molecular flexibility index (Phi) is 6.14. The smallest absolute Gasteiger partial charge is 0.227 e. The second kappa shape index (κ2) is 8.93. The first-order chi connectivity index (χ1) is 13.1. The summed E-state index contributed by atoms with van der Waals surface area (Å²) in [7, 11) is 1.76. The lowest BCUT2D eigenvalue weighted by Crippen LogP contribution is -2.31. The number of benzene rings is 1. The van der Waals surface area contributed by atoms with Gasteiger partial charge in [0.25, 0.3) is 0 Å². The van der Waals surface area contributed by atoms with Crippen molar-refractivity contribution in [2.45, 2.75) is 19.8 Å². The van der Waals surface area contributed by atoms with Crippen molar-refractivity contribution in [2.75, 3.05) is 20.2 Å². The van der Waals surface area contributed by atoms with Gasteiger partial charge in [0.1, 0.15) is 12.4 Å². The first-order valence-corrected chi connectivity index (χ1v) is 8.78. The van der Waals surface area contributed by atoms with Crippen molar-refractivity contribution < 1.29 is 14.1 Å². The fourth-order valence-electron chi connectivity index (χ4n) is 2.51. The molecule has 0 bridgehead atoms. The summed E-state index contributed by atoms with van der Waals surface area (Å²) in [5, 5.41) is 3.94. The molecule has 7 nitrogen and oxygen atoms in total. The molecule has 2 heterocycles. The predicted molar refractivity (Wildman–Crippen MR) is 100 cm³/mol. The zero-order valence-corrected chi connectivity index (χ0v) is 15.5. The van der Waals surface area contributed by atoms with Crippen LogP contribution in [0, 0.1) is 6.92 Å². The average molecular weight is 366 g/mol. The van der Waals surface area contributed by atoms with E-state index in [9.17, 15) is 4.79 Å². The summed E-state index contributed by atoms with van der Waals surface area (Å²) in [6, 6.07) is 11.5. The Morgan fingerprint density at radius 3 is 2.81 bits per heavy atom. The van der Waals surface area contributed by atoms with Crippen LogP contribution in [0.2, 0.25) is 0 Å². The minimum Gasteiger partial charge on any atom is -0.492 e. The molecule has 0 aliphatic carbocycles. The number of aryl methyl sites for hydroxylation is 2. The SMILES string of the molecule is Cc1cccc(OCCN(C)C(=O)CCc2nc(-c3ccncc3)no2)c1. The highest BCUT2D eigenvalue weighted by atomic mass is 16.5. The van der Waals surface area contributed by atoms with E-state index >= 15 is 0 Å². The van der Waals surface area contributed by atoms with Crippen LogP contribution in [0.3, 0.4) is 0 Å². The molecule has 2 aromatic heterocycles. The molecule has 0 saturated heterocycles. The van der Waals surface area contributed by atoms with Crippen molar-refractivity contribution in [3.63, 3.8) is 0 Å². The van der Waals surface area contributed by atoms with Gasteiger partial charge in [-0.25, -0.2) is 0 Å². The van der Waals surface area contributed by atoms with Gasteiger partial charge in [-0.05, 0) is 36.8 Å². The van der Waals surface area contributed by atoms with E-state index in [4.69, 9.17) is 9.26 Å². The number of carbonyl (C=O) groups excluding carboxylic acids is 1. The molecular weight excluding hydrogens is 344 g/mol. The van der Waals surface area contributed by atoms with Gasteiger partial charge in [0.05, 0.1) is 6.54 Å². The molecule has 7 heteroatoms. The number of nitrogens with zero attached hydrogens (tertiary/aromatic N) is 4. The van der Waals surface area contributed by atoms with Gasteiger partial charge in [-0.2, -0.15) is 4.98 Å². The summed E-state index contributed by atoms with van der Waals surface area (Å²) in [4.78, 5) is 22.2. The summed E-state index contributed by atoms with van der Waals surface area (Å²) in [5.41, 5.74) is 1.97. The van der Waals surface area contributed by atoms with Crippen molar-refractivity contribution >= 4 is 5.91 Å². The summed E-state index contributed by atoms with van der Waals surface area (Å²) in [5.74, 6) is 1.76. The molecule has 1 amide bonds. The molecule has 140 valence electrons. The maximum Gasteiger partial charge on any atom is 0.227 e. The third-order valence-corrected chi connectivity index (χ3v) is 4.07. The molecule has 0 fully saturated rings. The summed E-state index contributed by atoms with van der Waals surface area (Å²) in [6.07, 6.45) is 4.05. The second-order valence-corrected chi connectivity index (χ2v) is 6.23. The van der Waals surface area contributed by atoms with Crippen LogP contribution in [0.15, 0.2) is 53.3 Å². The number of carbonyl (C=O) groups is 1. The average Bonchev–Trinajstić information content (AvgIpc) is 3.16. The number of ether oxygens (including phenoxy) is 1. The minimum absolute atomic E-state index is 0.00602. The highest BCUT2D eigenvalue weighted by Gasteiger charge is 2.13. The Labute approximate surface area is 158 Å². The Morgan fingerprint density at radius 2 is 2.04 bits per heavy atom. The molecule has 0 aliphatic heterocycles. The highest BCUT2D eigenvalue weighted by Crippen LogP contribution is 2.15. The van der Waals surface area contributed by atoms with Crippen LogP contribution in [0.5, 0.6) is 5.75 Å². The summed E-state index contributed by atoms with van der Waals surface area (Å²) in [6.45, 7) is 2.97. The highest BCUT2D eigenvalue weighted by molar-refractivity contribution is 5.76. The van der Waals surface area contributed by atoms with E-state index in [1.54, 1.807) is 24.3 Å². The van der Waals surface area contributed by atoms with Gasteiger partial charge >= 0.3 is 0 Å². The van der Waals surface area contributed by atoms with Gasteiger partial charge in [-0.3, -0.25) is 9.78 Å². The molecule has 3 rings (SSSR count). The van der Waals surface area contributed by atoms with Crippen molar-refractivity contribution in [3.05, 3.63) is 60.2 Å². The summed E-state index contributed by atoms with van der Waals surface area (Å²) >= 11 is 0. The van der Waals surface area contributed by atoms with E-state index in [1.807, 2.05) is 43.3 Å². The van der Waals surface area contributed by atoms with E-state index in [2.05, 4.69) is 15.1 Å². The van der Waals surface area contributed by atoms with E-state index in [-0.39, 0.29) is 5.91 Å². The fraction of sp³-hybridized carbons (Fsp3) is 0.300. The number of hydrogen-bond acceptors (Lipinski definition) is 6. The largest absolute Gasteiger partial charge is 0.492 e. The van der Waals surface area contributed by atoms with E-state index in [0.29, 0.717) is 37.7 Å². The van der Waals surface area contributed by atoms with Gasteiger partial charge in [0.2, 0.25) is 17.6 Å². The molecule has 27 heavy (non-hydrogen) atoms. The monoisotopic (exact) mass is 366 g/mol. The van der Waals surface area contributed by atoms with Crippen LogP contribution in [-0.2, 0) is 11.2 Å². The maximum absolute atomic E-state index is 12.3. The van der Waals surface area contributed by atoms with Gasteiger partial charge in [0.15, 0.2) is 0 Å². The Hall–Kier alpha value is -3.22. The third kappa shape index (κ3) is 5.37. The van der Waals surface area contributed by atoms with Gasteiger partial charge < -0.3 is 14.2 Å². The van der Waals surface area contributed by atoms with Crippen LogP contribution < -0.4 is 4.74 Å².